The molecule has 0 aliphatic carbocycles. The smallest absolute Gasteiger partial charge is 0.248 e. The van der Waals surface area contributed by atoms with Crippen LogP contribution < -0.4 is 5.73 Å². The minimum absolute atomic E-state index is 0.284. The average Bonchev–Trinajstić information content (AvgIpc) is 3.06. The first-order valence-electron chi connectivity index (χ1n) is 13.5. The Kier molecular flexibility index (Phi) is 9.25. The number of nitrogens with two attached hydrogens (primary N) is 1. The van der Waals surface area contributed by atoms with Crippen molar-refractivity contribution in [1.82, 2.24) is 9.80 Å². The molecular weight excluding hydrogens is 474 g/mol. The highest BCUT2D eigenvalue weighted by molar-refractivity contribution is 7.92. The molecule has 2 aliphatic heterocycles. The van der Waals surface area contributed by atoms with Gasteiger partial charge in [-0.05, 0) is 75.5 Å². The molecule has 2 amide bonds. The van der Waals surface area contributed by atoms with Crippen molar-refractivity contribution in [3.63, 3.8) is 0 Å². The highest BCUT2D eigenvalue weighted by Crippen LogP contribution is 2.43. The lowest BCUT2D eigenvalue weighted by molar-refractivity contribution is -0.134. The van der Waals surface area contributed by atoms with Gasteiger partial charge in [-0.2, -0.15) is 0 Å². The molecule has 2 aliphatic rings. The van der Waals surface area contributed by atoms with Gasteiger partial charge in [-0.1, -0.05) is 38.8 Å². The molecule has 2 bridgehead atoms. The summed E-state index contributed by atoms with van der Waals surface area (Å²) in [6, 6.07) is 8.76. The normalized spacial score (nSPS) is 22.7. The summed E-state index contributed by atoms with van der Waals surface area (Å²) in [5.74, 6) is 0.130. The van der Waals surface area contributed by atoms with Crippen LogP contribution in [0, 0.1) is 5.92 Å². The third-order valence-corrected chi connectivity index (χ3v) is 10.8. The monoisotopic (exact) mass is 519 g/mol. The Morgan fingerprint density at radius 2 is 1.75 bits per heavy atom. The van der Waals surface area contributed by atoms with E-state index in [4.69, 9.17) is 5.73 Å². The van der Waals surface area contributed by atoms with Gasteiger partial charge in [-0.15, -0.1) is 0 Å². The molecule has 2 saturated heterocycles. The summed E-state index contributed by atoms with van der Waals surface area (Å²) in [5, 5.41) is 0. The molecule has 0 aromatic heterocycles. The Hall–Kier alpha value is -1.93. The number of carbonyl (C=O) groups is 2. The Morgan fingerprint density at radius 3 is 2.28 bits per heavy atom. The first kappa shape index (κ1) is 28.6. The maximum Gasteiger partial charge on any atom is 0.248 e. The predicted octanol–water partition coefficient (Wildman–Crippen LogP) is 3.97. The molecule has 0 saturated carbocycles. The molecular formula is C28H45N3O4S. The highest BCUT2D eigenvalue weighted by atomic mass is 32.2. The van der Waals surface area contributed by atoms with E-state index in [9.17, 15) is 18.0 Å². The summed E-state index contributed by atoms with van der Waals surface area (Å²) in [4.78, 5) is 29.4. The number of hydrogen-bond acceptors (Lipinski definition) is 5. The standard InChI is InChI=1S/C28H45N3O4S/c1-6-20(7-2)19-30(27(33)28(3,4)36(5,34)35)14-9-15-31-24-12-13-25(31)18-23(17-24)21-10-8-11-22(16-21)26(29)32/h8,10-11,16,20,23-25H,6-7,9,12-15,17-19H2,1-5H3,(H2,29,32). The van der Waals surface area contributed by atoms with Crippen LogP contribution in [0.25, 0.3) is 0 Å². The fraction of sp³-hybridized carbons (Fsp3) is 0.714. The van der Waals surface area contributed by atoms with Gasteiger partial charge >= 0.3 is 0 Å². The van der Waals surface area contributed by atoms with Crippen LogP contribution in [0.1, 0.15) is 94.5 Å². The van der Waals surface area contributed by atoms with Gasteiger partial charge in [-0.3, -0.25) is 14.5 Å². The average molecular weight is 520 g/mol. The predicted molar refractivity (Wildman–Crippen MR) is 145 cm³/mol. The van der Waals surface area contributed by atoms with Crippen molar-refractivity contribution >= 4 is 21.7 Å². The fourth-order valence-electron chi connectivity index (χ4n) is 5.98. The number of nitrogens with zero attached hydrogens (tertiary/aromatic N) is 2. The number of rotatable bonds is 12. The molecule has 202 valence electrons. The van der Waals surface area contributed by atoms with Gasteiger partial charge in [-0.25, -0.2) is 8.42 Å². The Morgan fingerprint density at radius 1 is 1.14 bits per heavy atom. The lowest BCUT2D eigenvalue weighted by Crippen LogP contribution is -2.51. The van der Waals surface area contributed by atoms with Crippen molar-refractivity contribution in [2.45, 2.75) is 95.4 Å². The molecule has 2 heterocycles. The quantitative estimate of drug-likeness (QED) is 0.450. The lowest BCUT2D eigenvalue weighted by atomic mass is 9.84. The Bertz CT molecular complexity index is 1020. The van der Waals surface area contributed by atoms with Crippen molar-refractivity contribution in [2.24, 2.45) is 11.7 Å². The fourth-order valence-corrected chi connectivity index (χ4v) is 6.42. The maximum atomic E-state index is 13.4. The highest BCUT2D eigenvalue weighted by Gasteiger charge is 2.43. The zero-order valence-corrected chi connectivity index (χ0v) is 23.5. The van der Waals surface area contributed by atoms with Crippen molar-refractivity contribution in [3.8, 4) is 0 Å². The van der Waals surface area contributed by atoms with E-state index in [0.29, 0.717) is 42.6 Å². The van der Waals surface area contributed by atoms with Crippen LogP contribution in [-0.4, -0.2) is 72.8 Å². The Balaban J connectivity index is 1.64. The largest absolute Gasteiger partial charge is 0.366 e. The van der Waals surface area contributed by atoms with Crippen LogP contribution in [-0.2, 0) is 14.6 Å². The van der Waals surface area contributed by atoms with E-state index in [0.717, 1.165) is 44.9 Å². The van der Waals surface area contributed by atoms with Crippen LogP contribution in [0.3, 0.4) is 0 Å². The zero-order valence-electron chi connectivity index (χ0n) is 22.7. The van der Waals surface area contributed by atoms with Crippen LogP contribution in [0.5, 0.6) is 0 Å². The summed E-state index contributed by atoms with van der Waals surface area (Å²) in [6.07, 6.45) is 8.40. The van der Waals surface area contributed by atoms with Gasteiger partial charge < -0.3 is 10.6 Å². The summed E-state index contributed by atoms with van der Waals surface area (Å²) in [7, 11) is -3.52. The molecule has 3 rings (SSSR count). The molecule has 2 atom stereocenters. The number of primary amides is 1. The molecule has 2 N–H and O–H groups in total. The number of piperidine rings is 1. The van der Waals surface area contributed by atoms with Crippen LogP contribution in [0.15, 0.2) is 24.3 Å². The molecule has 8 heteroatoms. The lowest BCUT2D eigenvalue weighted by Gasteiger charge is -2.40. The molecule has 0 spiro atoms. The summed E-state index contributed by atoms with van der Waals surface area (Å²) < 4.78 is 23.3. The van der Waals surface area contributed by atoms with E-state index in [2.05, 4.69) is 24.8 Å². The molecule has 2 unspecified atom stereocenters. The molecule has 0 radical (unpaired) electrons. The van der Waals surface area contributed by atoms with Gasteiger partial charge in [0.05, 0.1) is 0 Å². The van der Waals surface area contributed by atoms with Crippen LogP contribution in [0.2, 0.25) is 0 Å². The molecule has 1 aromatic carbocycles. The number of hydrogen-bond donors (Lipinski definition) is 1. The van der Waals surface area contributed by atoms with Crippen LogP contribution in [0.4, 0.5) is 0 Å². The third kappa shape index (κ3) is 6.31. The van der Waals surface area contributed by atoms with Gasteiger partial charge in [0.25, 0.3) is 0 Å². The van der Waals surface area contributed by atoms with E-state index in [1.807, 2.05) is 17.0 Å². The van der Waals surface area contributed by atoms with Gasteiger partial charge in [0.1, 0.15) is 4.75 Å². The summed E-state index contributed by atoms with van der Waals surface area (Å²) >= 11 is 0. The van der Waals surface area contributed by atoms with E-state index < -0.39 is 14.6 Å². The SMILES string of the molecule is CCC(CC)CN(CCCN1C2CCC1CC(c1cccc(C(N)=O)c1)C2)C(=O)C(C)(C)S(C)(=O)=O. The second kappa shape index (κ2) is 11.6. The van der Waals surface area contributed by atoms with Gasteiger partial charge in [0.2, 0.25) is 11.8 Å². The van der Waals surface area contributed by atoms with Crippen molar-refractivity contribution in [1.29, 1.82) is 0 Å². The number of fused-ring (bicyclic) bond motifs is 2. The maximum absolute atomic E-state index is 13.4. The van der Waals surface area contributed by atoms with Crippen molar-refractivity contribution < 1.29 is 18.0 Å². The molecule has 36 heavy (non-hydrogen) atoms. The third-order valence-electron chi connectivity index (χ3n) is 8.73. The zero-order chi connectivity index (χ0) is 26.7. The van der Waals surface area contributed by atoms with E-state index in [1.165, 1.54) is 32.3 Å². The van der Waals surface area contributed by atoms with Gasteiger partial charge in [0.15, 0.2) is 9.84 Å². The van der Waals surface area contributed by atoms with Crippen LogP contribution >= 0.6 is 0 Å². The van der Waals surface area contributed by atoms with E-state index in [-0.39, 0.29) is 11.8 Å². The Labute approximate surface area is 217 Å². The summed E-state index contributed by atoms with van der Waals surface area (Å²) in [6.45, 7) is 9.41. The second-order valence-corrected chi connectivity index (χ2v) is 13.9. The minimum atomic E-state index is -3.52. The molecule has 2 fully saturated rings. The van der Waals surface area contributed by atoms with Gasteiger partial charge in [0, 0.05) is 43.5 Å². The van der Waals surface area contributed by atoms with E-state index >= 15 is 0 Å². The minimum Gasteiger partial charge on any atom is -0.366 e. The number of sulfone groups is 1. The first-order valence-corrected chi connectivity index (χ1v) is 15.4. The van der Waals surface area contributed by atoms with Crippen molar-refractivity contribution in [3.05, 3.63) is 35.4 Å². The van der Waals surface area contributed by atoms with E-state index in [1.54, 1.807) is 6.07 Å². The first-order chi connectivity index (χ1) is 16.9. The second-order valence-electron chi connectivity index (χ2n) is 11.4. The molecule has 1 aromatic rings. The molecule has 7 nitrogen and oxygen atoms in total. The number of amides is 2. The van der Waals surface area contributed by atoms with Crippen molar-refractivity contribution in [2.75, 3.05) is 25.9 Å². The topological polar surface area (TPSA) is 101 Å². The number of benzene rings is 1. The summed E-state index contributed by atoms with van der Waals surface area (Å²) in [5.41, 5.74) is 7.26. The number of carbonyl (C=O) groups excluding carboxylic acids is 2.